The van der Waals surface area contributed by atoms with Crippen LogP contribution in [0.1, 0.15) is 43.9 Å². The van der Waals surface area contributed by atoms with Crippen molar-refractivity contribution in [3.05, 3.63) is 59.2 Å². The number of anilines is 1. The van der Waals surface area contributed by atoms with Crippen molar-refractivity contribution < 1.29 is 22.7 Å². The number of nitrogens with one attached hydrogen (secondary N) is 1. The number of carbonyl (C=O) groups excluding carboxylic acids is 2. The van der Waals surface area contributed by atoms with Crippen molar-refractivity contribution in [1.29, 1.82) is 0 Å². The summed E-state index contributed by atoms with van der Waals surface area (Å²) in [6, 6.07) is 11.9. The molecule has 198 valence electrons. The average Bonchev–Trinajstić information content (AvgIpc) is 2.82. The molecule has 0 radical (unpaired) electrons. The lowest BCUT2D eigenvalue weighted by Crippen LogP contribution is -2.52. The highest BCUT2D eigenvalue weighted by molar-refractivity contribution is 7.92. The first-order valence-electron chi connectivity index (χ1n) is 12.1. The fourth-order valence-electron chi connectivity index (χ4n) is 3.91. The highest BCUT2D eigenvalue weighted by Crippen LogP contribution is 2.26. The lowest BCUT2D eigenvalue weighted by Gasteiger charge is -2.33. The fraction of sp³-hybridized carbons (Fsp3) is 0.481. The van der Waals surface area contributed by atoms with Crippen LogP contribution in [-0.2, 0) is 26.2 Å². The van der Waals surface area contributed by atoms with E-state index < -0.39 is 28.5 Å². The Kier molecular flexibility index (Phi) is 10.3. The summed E-state index contributed by atoms with van der Waals surface area (Å²) >= 11 is 0. The number of rotatable bonds is 12. The SMILES string of the molecule is CC[C@H](C(=O)NCC(C)C)N(Cc1cccc(OC)c1)C(=O)CN(c1cccc(C)c1C)S(C)(=O)=O. The van der Waals surface area contributed by atoms with E-state index >= 15 is 0 Å². The minimum absolute atomic E-state index is 0.133. The van der Waals surface area contributed by atoms with Crippen molar-refractivity contribution in [2.24, 2.45) is 5.92 Å². The van der Waals surface area contributed by atoms with Crippen molar-refractivity contribution in [3.63, 3.8) is 0 Å². The van der Waals surface area contributed by atoms with Crippen LogP contribution >= 0.6 is 0 Å². The molecule has 2 aromatic rings. The van der Waals surface area contributed by atoms with Gasteiger partial charge in [0, 0.05) is 13.1 Å². The molecule has 1 N–H and O–H groups in total. The fourth-order valence-corrected chi connectivity index (χ4v) is 4.81. The van der Waals surface area contributed by atoms with Gasteiger partial charge >= 0.3 is 0 Å². The number of amides is 2. The second-order valence-electron chi connectivity index (χ2n) is 9.42. The Bertz CT molecular complexity index is 1160. The Balaban J connectivity index is 2.48. The molecule has 0 unspecified atom stereocenters. The molecule has 1 atom stereocenters. The van der Waals surface area contributed by atoms with Crippen LogP contribution in [0.25, 0.3) is 0 Å². The predicted octanol–water partition coefficient (Wildman–Crippen LogP) is 3.66. The molecule has 9 heteroatoms. The minimum Gasteiger partial charge on any atom is -0.497 e. The third-order valence-electron chi connectivity index (χ3n) is 6.08. The molecule has 0 aromatic heterocycles. The second kappa shape index (κ2) is 12.8. The molecule has 0 spiro atoms. The Morgan fingerprint density at radius 3 is 2.33 bits per heavy atom. The predicted molar refractivity (Wildman–Crippen MR) is 144 cm³/mol. The van der Waals surface area contributed by atoms with Crippen LogP contribution in [-0.4, -0.2) is 57.6 Å². The van der Waals surface area contributed by atoms with Gasteiger partial charge < -0.3 is 15.0 Å². The molecule has 2 amide bonds. The zero-order valence-corrected chi connectivity index (χ0v) is 23.2. The van der Waals surface area contributed by atoms with Gasteiger partial charge in [0.15, 0.2) is 0 Å². The largest absolute Gasteiger partial charge is 0.497 e. The molecule has 0 aliphatic heterocycles. The number of nitrogens with zero attached hydrogens (tertiary/aromatic N) is 2. The van der Waals surface area contributed by atoms with E-state index in [9.17, 15) is 18.0 Å². The first-order valence-corrected chi connectivity index (χ1v) is 14.0. The van der Waals surface area contributed by atoms with Crippen LogP contribution in [0.4, 0.5) is 5.69 Å². The zero-order valence-electron chi connectivity index (χ0n) is 22.4. The second-order valence-corrected chi connectivity index (χ2v) is 11.3. The first-order chi connectivity index (χ1) is 16.9. The van der Waals surface area contributed by atoms with Crippen LogP contribution < -0.4 is 14.4 Å². The number of benzene rings is 2. The van der Waals surface area contributed by atoms with Gasteiger partial charge in [-0.3, -0.25) is 13.9 Å². The highest BCUT2D eigenvalue weighted by Gasteiger charge is 2.32. The van der Waals surface area contributed by atoms with Gasteiger partial charge in [-0.25, -0.2) is 8.42 Å². The summed E-state index contributed by atoms with van der Waals surface area (Å²) in [5, 5.41) is 2.92. The van der Waals surface area contributed by atoms with Gasteiger partial charge in [0.1, 0.15) is 18.3 Å². The Labute approximate surface area is 215 Å². The topological polar surface area (TPSA) is 96.0 Å². The highest BCUT2D eigenvalue weighted by atomic mass is 32.2. The lowest BCUT2D eigenvalue weighted by atomic mass is 10.1. The summed E-state index contributed by atoms with van der Waals surface area (Å²) in [7, 11) is -2.22. The van der Waals surface area contributed by atoms with Gasteiger partial charge in [-0.05, 0) is 61.1 Å². The Hall–Kier alpha value is -3.07. The van der Waals surface area contributed by atoms with Gasteiger partial charge in [-0.15, -0.1) is 0 Å². The molecule has 0 fully saturated rings. The molecule has 0 saturated heterocycles. The van der Waals surface area contributed by atoms with Gasteiger partial charge in [0.05, 0.1) is 19.1 Å². The summed E-state index contributed by atoms with van der Waals surface area (Å²) in [6.45, 7) is 9.75. The van der Waals surface area contributed by atoms with Crippen molar-refractivity contribution in [2.75, 3.05) is 30.8 Å². The van der Waals surface area contributed by atoms with Crippen LogP contribution in [0, 0.1) is 19.8 Å². The molecule has 0 heterocycles. The summed E-state index contributed by atoms with van der Waals surface area (Å²) < 4.78 is 32.0. The van der Waals surface area contributed by atoms with Gasteiger partial charge in [-0.2, -0.15) is 0 Å². The third kappa shape index (κ3) is 7.71. The van der Waals surface area contributed by atoms with Gasteiger partial charge in [0.25, 0.3) is 0 Å². The number of carbonyl (C=O) groups is 2. The summed E-state index contributed by atoms with van der Waals surface area (Å²) in [4.78, 5) is 28.4. The van der Waals surface area contributed by atoms with Crippen LogP contribution in [0.3, 0.4) is 0 Å². The van der Waals surface area contributed by atoms with E-state index in [2.05, 4.69) is 5.32 Å². The molecule has 2 rings (SSSR count). The van der Waals surface area contributed by atoms with Crippen molar-refractivity contribution in [2.45, 2.75) is 53.6 Å². The minimum atomic E-state index is -3.78. The molecule has 2 aromatic carbocycles. The van der Waals surface area contributed by atoms with Crippen LogP contribution in [0.5, 0.6) is 5.75 Å². The number of hydrogen-bond acceptors (Lipinski definition) is 5. The van der Waals surface area contributed by atoms with Gasteiger partial charge in [0.2, 0.25) is 21.8 Å². The number of ether oxygens (including phenoxy) is 1. The van der Waals surface area contributed by atoms with E-state index in [0.29, 0.717) is 24.4 Å². The molecule has 0 saturated carbocycles. The van der Waals surface area contributed by atoms with Crippen molar-refractivity contribution in [3.8, 4) is 5.75 Å². The maximum absolute atomic E-state index is 13.8. The maximum atomic E-state index is 13.8. The van der Waals surface area contributed by atoms with E-state index in [0.717, 1.165) is 27.3 Å². The maximum Gasteiger partial charge on any atom is 0.244 e. The lowest BCUT2D eigenvalue weighted by molar-refractivity contribution is -0.140. The molecule has 0 bridgehead atoms. The number of aryl methyl sites for hydroxylation is 1. The van der Waals surface area contributed by atoms with E-state index in [1.54, 1.807) is 31.4 Å². The van der Waals surface area contributed by atoms with Crippen molar-refractivity contribution >= 4 is 27.5 Å². The number of sulfonamides is 1. The normalized spacial score (nSPS) is 12.2. The van der Waals surface area contributed by atoms with E-state index in [4.69, 9.17) is 4.74 Å². The molecular formula is C27H39N3O5S. The Morgan fingerprint density at radius 1 is 1.08 bits per heavy atom. The van der Waals surface area contributed by atoms with E-state index in [1.165, 1.54) is 4.90 Å². The number of hydrogen-bond donors (Lipinski definition) is 1. The summed E-state index contributed by atoms with van der Waals surface area (Å²) in [5.41, 5.74) is 2.91. The van der Waals surface area contributed by atoms with Crippen LogP contribution in [0.15, 0.2) is 42.5 Å². The van der Waals surface area contributed by atoms with E-state index in [1.807, 2.05) is 52.8 Å². The Morgan fingerprint density at radius 2 is 1.75 bits per heavy atom. The quantitative estimate of drug-likeness (QED) is 0.464. The first kappa shape index (κ1) is 29.2. The van der Waals surface area contributed by atoms with E-state index in [-0.39, 0.29) is 18.4 Å². The molecule has 8 nitrogen and oxygen atoms in total. The summed E-state index contributed by atoms with van der Waals surface area (Å²) in [5.74, 6) is 0.153. The molecule has 0 aliphatic carbocycles. The van der Waals surface area contributed by atoms with Crippen LogP contribution in [0.2, 0.25) is 0 Å². The standard InChI is InChI=1S/C27H39N3O5S/c1-8-24(27(32)28-16-19(2)3)29(17-22-12-10-13-23(15-22)35-6)26(31)18-30(36(7,33)34)25-14-9-11-20(4)21(25)5/h9-15,19,24H,8,16-18H2,1-7H3,(H,28,32)/t24-/m1/s1. The molecular weight excluding hydrogens is 478 g/mol. The number of methoxy groups -OCH3 is 1. The molecule has 0 aliphatic rings. The zero-order chi connectivity index (χ0) is 27.0. The van der Waals surface area contributed by atoms with Gasteiger partial charge in [-0.1, -0.05) is 45.0 Å². The molecule has 36 heavy (non-hydrogen) atoms. The third-order valence-corrected chi connectivity index (χ3v) is 7.21. The average molecular weight is 518 g/mol. The monoisotopic (exact) mass is 517 g/mol. The van der Waals surface area contributed by atoms with Crippen molar-refractivity contribution in [1.82, 2.24) is 10.2 Å². The smallest absolute Gasteiger partial charge is 0.244 e. The summed E-state index contributed by atoms with van der Waals surface area (Å²) in [6.07, 6.45) is 1.46.